The van der Waals surface area contributed by atoms with Crippen molar-refractivity contribution >= 4 is 21.6 Å². The maximum atomic E-state index is 12.9. The van der Waals surface area contributed by atoms with Crippen LogP contribution in [0.4, 0.5) is 5.69 Å². The van der Waals surface area contributed by atoms with Gasteiger partial charge in [0, 0.05) is 36.7 Å². The lowest BCUT2D eigenvalue weighted by Crippen LogP contribution is -2.42. The molecule has 1 saturated heterocycles. The summed E-state index contributed by atoms with van der Waals surface area (Å²) in [5.74, 6) is -0.400. The number of carbonyl (C=O) groups excluding carboxylic acids is 1. The molecule has 1 aromatic heterocycles. The number of benzene rings is 2. The Hall–Kier alpha value is -3.07. The summed E-state index contributed by atoms with van der Waals surface area (Å²) in [4.78, 5) is 16.9. The Morgan fingerprint density at radius 2 is 1.81 bits per heavy atom. The van der Waals surface area contributed by atoms with E-state index < -0.39 is 22.0 Å². The number of hydrogen-bond donors (Lipinski definition) is 2. The molecule has 1 aliphatic rings. The summed E-state index contributed by atoms with van der Waals surface area (Å²) in [5.41, 5.74) is 2.75. The van der Waals surface area contributed by atoms with Crippen molar-refractivity contribution in [3.8, 4) is 11.1 Å². The quantitative estimate of drug-likeness (QED) is 0.639. The van der Waals surface area contributed by atoms with Gasteiger partial charge in [-0.05, 0) is 66.4 Å². The third-order valence-electron chi connectivity index (χ3n) is 5.23. The van der Waals surface area contributed by atoms with Crippen LogP contribution >= 0.6 is 0 Å². The summed E-state index contributed by atoms with van der Waals surface area (Å²) in [5, 5.41) is 12.7. The Morgan fingerprint density at radius 1 is 1.03 bits per heavy atom. The van der Waals surface area contributed by atoms with Gasteiger partial charge >= 0.3 is 0 Å². The van der Waals surface area contributed by atoms with E-state index in [0.29, 0.717) is 25.1 Å². The van der Waals surface area contributed by atoms with Crippen molar-refractivity contribution < 1.29 is 18.3 Å². The van der Waals surface area contributed by atoms with Crippen LogP contribution in [0.1, 0.15) is 23.2 Å². The minimum atomic E-state index is -3.78. The second-order valence-electron chi connectivity index (χ2n) is 7.46. The standard InChI is InChI=1S/C23H23N3O4S/c27-21-7-3-13-26(16-21)31(29,30)22-8-2-5-19(15-22)23(28)25-20-6-1-4-18(14-20)17-9-11-24-12-10-17/h1-2,4-6,8-12,14-15,21,27H,3,7,13,16H2,(H,25,28). The second-order valence-corrected chi connectivity index (χ2v) is 9.40. The number of nitrogens with zero attached hydrogens (tertiary/aromatic N) is 2. The van der Waals surface area contributed by atoms with Gasteiger partial charge in [-0.1, -0.05) is 18.2 Å². The molecule has 2 heterocycles. The number of amides is 1. The van der Waals surface area contributed by atoms with Crippen LogP contribution in [0.3, 0.4) is 0 Å². The van der Waals surface area contributed by atoms with E-state index >= 15 is 0 Å². The summed E-state index contributed by atoms with van der Waals surface area (Å²) in [6.07, 6.45) is 3.94. The molecule has 2 N–H and O–H groups in total. The zero-order valence-corrected chi connectivity index (χ0v) is 17.6. The number of hydrogen-bond acceptors (Lipinski definition) is 5. The highest BCUT2D eigenvalue weighted by atomic mass is 32.2. The maximum absolute atomic E-state index is 12.9. The average Bonchev–Trinajstić information content (AvgIpc) is 2.80. The zero-order valence-electron chi connectivity index (χ0n) is 16.8. The first kappa shape index (κ1) is 21.2. The molecule has 3 aromatic rings. The lowest BCUT2D eigenvalue weighted by atomic mass is 10.1. The van der Waals surface area contributed by atoms with Crippen molar-refractivity contribution in [3.63, 3.8) is 0 Å². The SMILES string of the molecule is O=C(Nc1cccc(-c2ccncc2)c1)c1cccc(S(=O)(=O)N2CCCC(O)C2)c1. The molecule has 1 amide bonds. The highest BCUT2D eigenvalue weighted by molar-refractivity contribution is 7.89. The Labute approximate surface area is 181 Å². The predicted octanol–water partition coefficient (Wildman–Crippen LogP) is 3.15. The van der Waals surface area contributed by atoms with Crippen LogP contribution in [-0.2, 0) is 10.0 Å². The normalized spacial score (nSPS) is 17.3. The fraction of sp³-hybridized carbons (Fsp3) is 0.217. The highest BCUT2D eigenvalue weighted by Crippen LogP contribution is 2.24. The first-order chi connectivity index (χ1) is 14.9. The topological polar surface area (TPSA) is 99.6 Å². The van der Waals surface area contributed by atoms with Gasteiger partial charge in [0.2, 0.25) is 10.0 Å². The van der Waals surface area contributed by atoms with Gasteiger partial charge in [-0.2, -0.15) is 4.31 Å². The molecule has 0 aliphatic carbocycles. The Balaban J connectivity index is 1.54. The van der Waals surface area contributed by atoms with Gasteiger partial charge in [0.1, 0.15) is 0 Å². The van der Waals surface area contributed by atoms with Crippen molar-refractivity contribution in [2.24, 2.45) is 0 Å². The van der Waals surface area contributed by atoms with Crippen molar-refractivity contribution in [1.29, 1.82) is 0 Å². The molecule has 2 aromatic carbocycles. The van der Waals surface area contributed by atoms with Crippen molar-refractivity contribution in [2.45, 2.75) is 23.8 Å². The van der Waals surface area contributed by atoms with Gasteiger partial charge in [-0.3, -0.25) is 9.78 Å². The van der Waals surface area contributed by atoms with Crippen LogP contribution in [0.5, 0.6) is 0 Å². The van der Waals surface area contributed by atoms with E-state index in [4.69, 9.17) is 0 Å². The van der Waals surface area contributed by atoms with Crippen LogP contribution < -0.4 is 5.32 Å². The number of sulfonamides is 1. The fourth-order valence-corrected chi connectivity index (χ4v) is 5.17. The van der Waals surface area contributed by atoms with E-state index in [1.807, 2.05) is 30.3 Å². The first-order valence-corrected chi connectivity index (χ1v) is 11.5. The summed E-state index contributed by atoms with van der Waals surface area (Å²) < 4.78 is 27.2. The minimum Gasteiger partial charge on any atom is -0.392 e. The molecular weight excluding hydrogens is 414 g/mol. The van der Waals surface area contributed by atoms with Gasteiger partial charge in [0.15, 0.2) is 0 Å². The molecule has 0 spiro atoms. The summed E-state index contributed by atoms with van der Waals surface area (Å²) in [7, 11) is -3.78. The zero-order chi connectivity index (χ0) is 21.8. The number of aromatic nitrogens is 1. The Bertz CT molecular complexity index is 1180. The van der Waals surface area contributed by atoms with E-state index in [9.17, 15) is 18.3 Å². The first-order valence-electron chi connectivity index (χ1n) is 10.0. The van der Waals surface area contributed by atoms with E-state index in [1.165, 1.54) is 16.4 Å². The Morgan fingerprint density at radius 3 is 2.58 bits per heavy atom. The van der Waals surface area contributed by atoms with Gasteiger partial charge < -0.3 is 10.4 Å². The average molecular weight is 438 g/mol. The van der Waals surface area contributed by atoms with Crippen LogP contribution in [0.25, 0.3) is 11.1 Å². The number of rotatable bonds is 5. The molecule has 1 fully saturated rings. The van der Waals surface area contributed by atoms with Crippen LogP contribution in [0.2, 0.25) is 0 Å². The molecule has 31 heavy (non-hydrogen) atoms. The maximum Gasteiger partial charge on any atom is 0.255 e. The van der Waals surface area contributed by atoms with Crippen molar-refractivity contribution in [2.75, 3.05) is 18.4 Å². The molecular formula is C23H23N3O4S. The fourth-order valence-electron chi connectivity index (χ4n) is 3.61. The number of pyridine rings is 1. The highest BCUT2D eigenvalue weighted by Gasteiger charge is 2.29. The number of carbonyl (C=O) groups is 1. The third kappa shape index (κ3) is 4.82. The van der Waals surface area contributed by atoms with E-state index in [0.717, 1.165) is 11.1 Å². The van der Waals surface area contributed by atoms with Crippen molar-refractivity contribution in [1.82, 2.24) is 9.29 Å². The summed E-state index contributed by atoms with van der Waals surface area (Å²) in [6, 6.07) is 17.1. The van der Waals surface area contributed by atoms with Crippen LogP contribution in [-0.4, -0.2) is 47.9 Å². The van der Waals surface area contributed by atoms with E-state index in [-0.39, 0.29) is 17.0 Å². The van der Waals surface area contributed by atoms with Crippen molar-refractivity contribution in [3.05, 3.63) is 78.6 Å². The number of aliphatic hydroxyl groups is 1. The molecule has 8 heteroatoms. The van der Waals surface area contributed by atoms with Crippen LogP contribution in [0, 0.1) is 0 Å². The third-order valence-corrected chi connectivity index (χ3v) is 7.09. The van der Waals surface area contributed by atoms with Gasteiger partial charge in [0.05, 0.1) is 11.0 Å². The largest absolute Gasteiger partial charge is 0.392 e. The van der Waals surface area contributed by atoms with Gasteiger partial charge in [0.25, 0.3) is 5.91 Å². The molecule has 1 unspecified atom stereocenters. The van der Waals surface area contributed by atoms with Crippen LogP contribution in [0.15, 0.2) is 78.0 Å². The minimum absolute atomic E-state index is 0.0415. The lowest BCUT2D eigenvalue weighted by Gasteiger charge is -2.29. The lowest BCUT2D eigenvalue weighted by molar-refractivity contribution is 0.102. The number of β-amino-alcohol motifs (C(OH)–C–C–N with tert-alkyl or cyclic N) is 1. The molecule has 0 bridgehead atoms. The van der Waals surface area contributed by atoms with E-state index in [1.54, 1.807) is 30.6 Å². The monoisotopic (exact) mass is 437 g/mol. The Kier molecular flexibility index (Phi) is 6.13. The number of nitrogens with one attached hydrogen (secondary N) is 1. The molecule has 0 saturated carbocycles. The molecule has 7 nitrogen and oxygen atoms in total. The predicted molar refractivity (Wildman–Crippen MR) is 118 cm³/mol. The smallest absolute Gasteiger partial charge is 0.255 e. The summed E-state index contributed by atoms with van der Waals surface area (Å²) >= 11 is 0. The second kappa shape index (κ2) is 8.97. The van der Waals surface area contributed by atoms with E-state index in [2.05, 4.69) is 10.3 Å². The van der Waals surface area contributed by atoms with Gasteiger partial charge in [-0.15, -0.1) is 0 Å². The number of aliphatic hydroxyl groups excluding tert-OH is 1. The summed E-state index contributed by atoms with van der Waals surface area (Å²) in [6.45, 7) is 0.429. The molecule has 0 radical (unpaired) electrons. The molecule has 1 atom stereocenters. The molecule has 160 valence electrons. The van der Waals surface area contributed by atoms with Gasteiger partial charge in [-0.25, -0.2) is 8.42 Å². The number of piperidine rings is 1. The number of anilines is 1. The molecule has 1 aliphatic heterocycles. The molecule has 4 rings (SSSR count).